The van der Waals surface area contributed by atoms with Crippen molar-refractivity contribution in [3.8, 4) is 0 Å². The standard InChI is InChI=1S/C14H21NO3/c1-3-4-7-15(8-9-16)13-6-5-11(2)10-12(13)14(17)18/h5-6,10,16H,3-4,7-9H2,1-2H3,(H,17,18). The smallest absolute Gasteiger partial charge is 0.337 e. The number of aliphatic hydroxyl groups excluding tert-OH is 1. The lowest BCUT2D eigenvalue weighted by atomic mass is 10.1. The molecule has 18 heavy (non-hydrogen) atoms. The predicted octanol–water partition coefficient (Wildman–Crippen LogP) is 2.29. The maximum atomic E-state index is 11.3. The Labute approximate surface area is 108 Å². The number of aliphatic hydroxyl groups is 1. The van der Waals surface area contributed by atoms with E-state index >= 15 is 0 Å². The Morgan fingerprint density at radius 1 is 1.33 bits per heavy atom. The second-order valence-corrected chi connectivity index (χ2v) is 4.39. The molecule has 0 aromatic heterocycles. The third kappa shape index (κ3) is 3.74. The van der Waals surface area contributed by atoms with Gasteiger partial charge in [0.05, 0.1) is 17.9 Å². The zero-order valence-corrected chi connectivity index (χ0v) is 11.0. The van der Waals surface area contributed by atoms with E-state index in [1.165, 1.54) is 0 Å². The molecule has 1 aromatic carbocycles. The molecule has 0 amide bonds. The Balaban J connectivity index is 3.05. The van der Waals surface area contributed by atoms with Gasteiger partial charge in [-0.05, 0) is 25.5 Å². The zero-order chi connectivity index (χ0) is 13.5. The van der Waals surface area contributed by atoms with E-state index in [-0.39, 0.29) is 6.61 Å². The van der Waals surface area contributed by atoms with Crippen molar-refractivity contribution in [1.29, 1.82) is 0 Å². The summed E-state index contributed by atoms with van der Waals surface area (Å²) >= 11 is 0. The second-order valence-electron chi connectivity index (χ2n) is 4.39. The van der Waals surface area contributed by atoms with Gasteiger partial charge in [-0.2, -0.15) is 0 Å². The fraction of sp³-hybridized carbons (Fsp3) is 0.500. The molecular formula is C14H21NO3. The normalized spacial score (nSPS) is 10.4. The second kappa shape index (κ2) is 7.01. The fourth-order valence-corrected chi connectivity index (χ4v) is 1.92. The van der Waals surface area contributed by atoms with Crippen molar-refractivity contribution in [3.63, 3.8) is 0 Å². The summed E-state index contributed by atoms with van der Waals surface area (Å²) in [5, 5.41) is 18.3. The Morgan fingerprint density at radius 2 is 2.06 bits per heavy atom. The van der Waals surface area contributed by atoms with Gasteiger partial charge >= 0.3 is 5.97 Å². The summed E-state index contributed by atoms with van der Waals surface area (Å²) in [6.45, 7) is 5.21. The lowest BCUT2D eigenvalue weighted by Gasteiger charge is -2.25. The molecule has 0 aliphatic carbocycles. The van der Waals surface area contributed by atoms with Crippen LogP contribution in [-0.4, -0.2) is 35.9 Å². The van der Waals surface area contributed by atoms with E-state index in [9.17, 15) is 9.90 Å². The summed E-state index contributed by atoms with van der Waals surface area (Å²) in [6.07, 6.45) is 2.02. The summed E-state index contributed by atoms with van der Waals surface area (Å²) < 4.78 is 0. The first-order valence-electron chi connectivity index (χ1n) is 6.30. The number of nitrogens with zero attached hydrogens (tertiary/aromatic N) is 1. The lowest BCUT2D eigenvalue weighted by Crippen LogP contribution is -2.29. The van der Waals surface area contributed by atoms with Crippen LogP contribution < -0.4 is 4.90 Å². The van der Waals surface area contributed by atoms with Crippen LogP contribution in [0.5, 0.6) is 0 Å². The van der Waals surface area contributed by atoms with Gasteiger partial charge in [0.1, 0.15) is 0 Å². The Hall–Kier alpha value is -1.55. The molecule has 4 heteroatoms. The first kappa shape index (κ1) is 14.5. The third-order valence-corrected chi connectivity index (χ3v) is 2.87. The first-order valence-corrected chi connectivity index (χ1v) is 6.30. The minimum Gasteiger partial charge on any atom is -0.478 e. The van der Waals surface area contributed by atoms with Gasteiger partial charge in [0, 0.05) is 13.1 Å². The maximum absolute atomic E-state index is 11.3. The van der Waals surface area contributed by atoms with Gasteiger partial charge in [-0.1, -0.05) is 25.0 Å². The molecule has 1 aromatic rings. The SMILES string of the molecule is CCCCN(CCO)c1ccc(C)cc1C(=O)O. The van der Waals surface area contributed by atoms with E-state index in [1.807, 2.05) is 24.0 Å². The van der Waals surface area contributed by atoms with E-state index in [1.54, 1.807) is 6.07 Å². The fourth-order valence-electron chi connectivity index (χ4n) is 1.92. The number of benzene rings is 1. The lowest BCUT2D eigenvalue weighted by molar-refractivity contribution is 0.0697. The summed E-state index contributed by atoms with van der Waals surface area (Å²) in [5.74, 6) is -0.923. The van der Waals surface area contributed by atoms with Gasteiger partial charge in [-0.3, -0.25) is 0 Å². The number of aryl methyl sites for hydroxylation is 1. The number of carboxylic acids is 1. The highest BCUT2D eigenvalue weighted by Crippen LogP contribution is 2.22. The average molecular weight is 251 g/mol. The minimum atomic E-state index is -0.923. The molecule has 0 saturated heterocycles. The monoisotopic (exact) mass is 251 g/mol. The largest absolute Gasteiger partial charge is 0.478 e. The Morgan fingerprint density at radius 3 is 2.61 bits per heavy atom. The van der Waals surface area contributed by atoms with E-state index in [2.05, 4.69) is 6.92 Å². The molecule has 4 nitrogen and oxygen atoms in total. The van der Waals surface area contributed by atoms with Gasteiger partial charge in [0.25, 0.3) is 0 Å². The van der Waals surface area contributed by atoms with Crippen LogP contribution in [0.15, 0.2) is 18.2 Å². The van der Waals surface area contributed by atoms with Crippen molar-refractivity contribution in [3.05, 3.63) is 29.3 Å². The van der Waals surface area contributed by atoms with Crippen LogP contribution in [0.3, 0.4) is 0 Å². The van der Waals surface area contributed by atoms with E-state index in [0.29, 0.717) is 17.8 Å². The van der Waals surface area contributed by atoms with Crippen LogP contribution in [0.25, 0.3) is 0 Å². The Bertz CT molecular complexity index is 404. The number of anilines is 1. The molecule has 0 heterocycles. The van der Waals surface area contributed by atoms with Gasteiger partial charge in [0.15, 0.2) is 0 Å². The number of carbonyl (C=O) groups is 1. The topological polar surface area (TPSA) is 60.8 Å². The highest BCUT2D eigenvalue weighted by molar-refractivity contribution is 5.94. The number of hydrogen-bond acceptors (Lipinski definition) is 3. The van der Waals surface area contributed by atoms with Crippen LogP contribution in [-0.2, 0) is 0 Å². The number of rotatable bonds is 7. The van der Waals surface area contributed by atoms with Crippen molar-refractivity contribution < 1.29 is 15.0 Å². The number of aromatic carboxylic acids is 1. The molecule has 0 atom stereocenters. The van der Waals surface area contributed by atoms with Crippen LogP contribution in [0.2, 0.25) is 0 Å². The third-order valence-electron chi connectivity index (χ3n) is 2.87. The molecule has 0 fully saturated rings. The van der Waals surface area contributed by atoms with Crippen molar-refractivity contribution in [2.45, 2.75) is 26.7 Å². The van der Waals surface area contributed by atoms with E-state index in [4.69, 9.17) is 5.11 Å². The number of unbranched alkanes of at least 4 members (excludes halogenated alkanes) is 1. The van der Waals surface area contributed by atoms with Gasteiger partial charge in [-0.15, -0.1) is 0 Å². The number of hydrogen-bond donors (Lipinski definition) is 2. The molecule has 1 rings (SSSR count). The number of carboxylic acid groups (broad SMARTS) is 1. The van der Waals surface area contributed by atoms with Gasteiger partial charge in [-0.25, -0.2) is 4.79 Å². The van der Waals surface area contributed by atoms with E-state index < -0.39 is 5.97 Å². The summed E-state index contributed by atoms with van der Waals surface area (Å²) in [6, 6.07) is 5.40. The first-order chi connectivity index (χ1) is 8.60. The van der Waals surface area contributed by atoms with Crippen molar-refractivity contribution in [1.82, 2.24) is 0 Å². The maximum Gasteiger partial charge on any atom is 0.337 e. The highest BCUT2D eigenvalue weighted by atomic mass is 16.4. The Kier molecular flexibility index (Phi) is 5.65. The van der Waals surface area contributed by atoms with E-state index in [0.717, 1.165) is 24.9 Å². The van der Waals surface area contributed by atoms with Crippen molar-refractivity contribution in [2.75, 3.05) is 24.6 Å². The molecule has 0 aliphatic rings. The molecule has 2 N–H and O–H groups in total. The molecule has 0 radical (unpaired) electrons. The highest BCUT2D eigenvalue weighted by Gasteiger charge is 2.15. The van der Waals surface area contributed by atoms with Gasteiger partial charge < -0.3 is 15.1 Å². The summed E-state index contributed by atoms with van der Waals surface area (Å²) in [5.41, 5.74) is 1.92. The average Bonchev–Trinajstić information content (AvgIpc) is 2.34. The van der Waals surface area contributed by atoms with Crippen molar-refractivity contribution >= 4 is 11.7 Å². The molecule has 0 spiro atoms. The van der Waals surface area contributed by atoms with Crippen LogP contribution in [0.1, 0.15) is 35.7 Å². The minimum absolute atomic E-state index is 0.0245. The van der Waals surface area contributed by atoms with Crippen LogP contribution >= 0.6 is 0 Å². The quantitative estimate of drug-likeness (QED) is 0.780. The molecule has 0 aliphatic heterocycles. The summed E-state index contributed by atoms with van der Waals surface area (Å²) in [7, 11) is 0. The molecule has 0 saturated carbocycles. The van der Waals surface area contributed by atoms with Crippen molar-refractivity contribution in [2.24, 2.45) is 0 Å². The molecule has 100 valence electrons. The molecule has 0 bridgehead atoms. The predicted molar refractivity (Wildman–Crippen MR) is 72.3 cm³/mol. The van der Waals surface area contributed by atoms with Gasteiger partial charge in [0.2, 0.25) is 0 Å². The van der Waals surface area contributed by atoms with Crippen LogP contribution in [0, 0.1) is 6.92 Å². The summed E-state index contributed by atoms with van der Waals surface area (Å²) in [4.78, 5) is 13.2. The zero-order valence-electron chi connectivity index (χ0n) is 11.0. The molecular weight excluding hydrogens is 230 g/mol. The van der Waals surface area contributed by atoms with Crippen LogP contribution in [0.4, 0.5) is 5.69 Å². The molecule has 0 unspecified atom stereocenters.